The highest BCUT2D eigenvalue weighted by Crippen LogP contribution is 2.13. The van der Waals surface area contributed by atoms with Gasteiger partial charge in [-0.2, -0.15) is 0 Å². The van der Waals surface area contributed by atoms with Gasteiger partial charge in [0.2, 0.25) is 11.8 Å². The molecule has 1 fully saturated rings. The first-order valence-electron chi connectivity index (χ1n) is 10.3. The Hall–Kier alpha value is -3.45. The van der Waals surface area contributed by atoms with Gasteiger partial charge in [0.25, 0.3) is 0 Å². The number of aromatic nitrogens is 1. The number of hydrogen-bond acceptors (Lipinski definition) is 3. The summed E-state index contributed by atoms with van der Waals surface area (Å²) in [6.07, 6.45) is 4.34. The summed E-state index contributed by atoms with van der Waals surface area (Å²) in [4.78, 5) is 28.8. The maximum atomic E-state index is 13.0. The average Bonchev–Trinajstić information content (AvgIpc) is 3.31. The fourth-order valence-corrected chi connectivity index (χ4v) is 3.67. The van der Waals surface area contributed by atoms with Crippen molar-refractivity contribution in [3.8, 4) is 5.69 Å². The van der Waals surface area contributed by atoms with E-state index < -0.39 is 0 Å². The van der Waals surface area contributed by atoms with Crippen LogP contribution < -0.4 is 5.32 Å². The summed E-state index contributed by atoms with van der Waals surface area (Å²) in [5.41, 5.74) is 2.62. The van der Waals surface area contributed by atoms with Crippen LogP contribution in [0.4, 0.5) is 10.1 Å². The van der Waals surface area contributed by atoms with Gasteiger partial charge < -0.3 is 14.8 Å². The Balaban J connectivity index is 1.22. The highest BCUT2D eigenvalue weighted by Gasteiger charge is 2.22. The zero-order chi connectivity index (χ0) is 21.6. The molecule has 0 aliphatic carbocycles. The second-order valence-electron chi connectivity index (χ2n) is 7.65. The standard InChI is InChI=1S/C24H25FN4O2/c25-20-5-7-21(8-6-20)26-23(30)18-27-13-15-29(16-14-27)24(31)17-19-3-9-22(10-4-19)28-11-1-2-12-28/h1-12H,13-18H2,(H,26,30). The molecule has 3 aromatic rings. The molecule has 4 rings (SSSR count). The van der Waals surface area contributed by atoms with Crippen LogP contribution in [-0.4, -0.2) is 58.9 Å². The van der Waals surface area contributed by atoms with Crippen molar-refractivity contribution in [3.63, 3.8) is 0 Å². The van der Waals surface area contributed by atoms with Crippen LogP contribution in [0.5, 0.6) is 0 Å². The minimum absolute atomic E-state index is 0.101. The molecule has 0 saturated carbocycles. The van der Waals surface area contributed by atoms with Gasteiger partial charge in [0, 0.05) is 49.9 Å². The van der Waals surface area contributed by atoms with E-state index in [1.807, 2.05) is 63.2 Å². The lowest BCUT2D eigenvalue weighted by Crippen LogP contribution is -2.50. The predicted octanol–water partition coefficient (Wildman–Crippen LogP) is 2.94. The number of carbonyl (C=O) groups is 2. The first kappa shape index (κ1) is 20.8. The maximum Gasteiger partial charge on any atom is 0.238 e. The number of rotatable bonds is 6. The highest BCUT2D eigenvalue weighted by atomic mass is 19.1. The number of piperazine rings is 1. The lowest BCUT2D eigenvalue weighted by Gasteiger charge is -2.34. The van der Waals surface area contributed by atoms with Crippen LogP contribution in [0.15, 0.2) is 73.1 Å². The third-order valence-electron chi connectivity index (χ3n) is 5.41. The van der Waals surface area contributed by atoms with E-state index in [0.717, 1.165) is 11.3 Å². The van der Waals surface area contributed by atoms with Crippen LogP contribution in [-0.2, 0) is 16.0 Å². The van der Waals surface area contributed by atoms with Crippen molar-refractivity contribution in [2.45, 2.75) is 6.42 Å². The van der Waals surface area contributed by atoms with Gasteiger partial charge in [-0.25, -0.2) is 4.39 Å². The summed E-state index contributed by atoms with van der Waals surface area (Å²) < 4.78 is 15.0. The van der Waals surface area contributed by atoms with E-state index in [0.29, 0.717) is 38.3 Å². The average molecular weight is 420 g/mol. The molecule has 2 amide bonds. The van der Waals surface area contributed by atoms with Gasteiger partial charge in [-0.05, 0) is 54.1 Å². The lowest BCUT2D eigenvalue weighted by atomic mass is 10.1. The van der Waals surface area contributed by atoms with Crippen LogP contribution in [0.2, 0.25) is 0 Å². The Morgan fingerprint density at radius 3 is 2.16 bits per heavy atom. The molecule has 160 valence electrons. The summed E-state index contributed by atoms with van der Waals surface area (Å²) in [5.74, 6) is -0.381. The first-order valence-corrected chi connectivity index (χ1v) is 10.3. The van der Waals surface area contributed by atoms with Crippen LogP contribution in [0.3, 0.4) is 0 Å². The van der Waals surface area contributed by atoms with Crippen molar-refractivity contribution < 1.29 is 14.0 Å². The number of carbonyl (C=O) groups excluding carboxylic acids is 2. The molecule has 1 aliphatic heterocycles. The van der Waals surface area contributed by atoms with E-state index >= 15 is 0 Å². The largest absolute Gasteiger partial charge is 0.340 e. The number of anilines is 1. The number of nitrogens with one attached hydrogen (secondary N) is 1. The second kappa shape index (κ2) is 9.57. The monoisotopic (exact) mass is 420 g/mol. The van der Waals surface area contributed by atoms with Crippen molar-refractivity contribution in [2.75, 3.05) is 38.0 Å². The van der Waals surface area contributed by atoms with Crippen molar-refractivity contribution in [1.29, 1.82) is 0 Å². The molecule has 0 unspecified atom stereocenters. The molecule has 1 aliphatic rings. The third kappa shape index (κ3) is 5.58. The van der Waals surface area contributed by atoms with E-state index in [4.69, 9.17) is 0 Å². The molecule has 31 heavy (non-hydrogen) atoms. The van der Waals surface area contributed by atoms with Crippen molar-refractivity contribution in [3.05, 3.63) is 84.4 Å². The zero-order valence-corrected chi connectivity index (χ0v) is 17.2. The molecule has 2 heterocycles. The molecule has 1 saturated heterocycles. The smallest absolute Gasteiger partial charge is 0.238 e. The zero-order valence-electron chi connectivity index (χ0n) is 17.2. The molecule has 0 spiro atoms. The van der Waals surface area contributed by atoms with E-state index in [2.05, 4.69) is 5.32 Å². The Labute approximate surface area is 180 Å². The topological polar surface area (TPSA) is 57.6 Å². The van der Waals surface area contributed by atoms with E-state index in [1.165, 1.54) is 24.3 Å². The van der Waals surface area contributed by atoms with Gasteiger partial charge in [0.1, 0.15) is 5.82 Å². The lowest BCUT2D eigenvalue weighted by molar-refractivity contribution is -0.132. The van der Waals surface area contributed by atoms with Crippen LogP contribution in [0.1, 0.15) is 5.56 Å². The Kier molecular flexibility index (Phi) is 6.43. The van der Waals surface area contributed by atoms with Crippen molar-refractivity contribution >= 4 is 17.5 Å². The quantitative estimate of drug-likeness (QED) is 0.667. The summed E-state index contributed by atoms with van der Waals surface area (Å²) in [6.45, 7) is 2.75. The summed E-state index contributed by atoms with van der Waals surface area (Å²) in [5, 5.41) is 2.77. The van der Waals surface area contributed by atoms with Gasteiger partial charge in [-0.3, -0.25) is 14.5 Å². The summed E-state index contributed by atoms with van der Waals surface area (Å²) in [7, 11) is 0. The predicted molar refractivity (Wildman–Crippen MR) is 118 cm³/mol. The number of amides is 2. The molecular weight excluding hydrogens is 395 g/mol. The second-order valence-corrected chi connectivity index (χ2v) is 7.65. The van der Waals surface area contributed by atoms with Gasteiger partial charge in [-0.15, -0.1) is 0 Å². The highest BCUT2D eigenvalue weighted by molar-refractivity contribution is 5.92. The van der Waals surface area contributed by atoms with E-state index in [1.54, 1.807) is 0 Å². The molecule has 0 bridgehead atoms. The fourth-order valence-electron chi connectivity index (χ4n) is 3.67. The molecule has 1 aromatic heterocycles. The number of benzene rings is 2. The number of nitrogens with zero attached hydrogens (tertiary/aromatic N) is 3. The summed E-state index contributed by atoms with van der Waals surface area (Å²) >= 11 is 0. The van der Waals surface area contributed by atoms with Crippen LogP contribution in [0, 0.1) is 5.82 Å². The van der Waals surface area contributed by atoms with Gasteiger partial charge in [0.05, 0.1) is 13.0 Å². The van der Waals surface area contributed by atoms with Gasteiger partial charge >= 0.3 is 0 Å². The van der Waals surface area contributed by atoms with Crippen LogP contribution >= 0.6 is 0 Å². The first-order chi connectivity index (χ1) is 15.1. The fraction of sp³-hybridized carbons (Fsp3) is 0.250. The van der Waals surface area contributed by atoms with E-state index in [9.17, 15) is 14.0 Å². The molecule has 0 radical (unpaired) electrons. The minimum atomic E-state index is -0.337. The molecule has 0 atom stereocenters. The van der Waals surface area contributed by atoms with Crippen LogP contribution in [0.25, 0.3) is 5.69 Å². The maximum absolute atomic E-state index is 13.0. The Morgan fingerprint density at radius 2 is 1.52 bits per heavy atom. The Morgan fingerprint density at radius 1 is 0.871 bits per heavy atom. The molecule has 6 nitrogen and oxygen atoms in total. The van der Waals surface area contributed by atoms with Gasteiger partial charge in [0.15, 0.2) is 0 Å². The normalized spacial score (nSPS) is 14.4. The third-order valence-corrected chi connectivity index (χ3v) is 5.41. The van der Waals surface area contributed by atoms with Crippen molar-refractivity contribution in [1.82, 2.24) is 14.4 Å². The van der Waals surface area contributed by atoms with Gasteiger partial charge in [-0.1, -0.05) is 12.1 Å². The SMILES string of the molecule is O=C(CN1CCN(C(=O)Cc2ccc(-n3cccc3)cc2)CC1)Nc1ccc(F)cc1. The van der Waals surface area contributed by atoms with Crippen molar-refractivity contribution in [2.24, 2.45) is 0 Å². The summed E-state index contributed by atoms with van der Waals surface area (Å²) in [6, 6.07) is 17.7. The minimum Gasteiger partial charge on any atom is -0.340 e. The molecule has 7 heteroatoms. The number of hydrogen-bond donors (Lipinski definition) is 1. The van der Waals surface area contributed by atoms with E-state index in [-0.39, 0.29) is 24.2 Å². The number of halogens is 1. The Bertz CT molecular complexity index is 1010. The molecule has 1 N–H and O–H groups in total. The molecular formula is C24H25FN4O2. The molecule has 2 aromatic carbocycles.